The fourth-order valence-electron chi connectivity index (χ4n) is 2.45. The Kier molecular flexibility index (Phi) is 4.37. The van der Waals surface area contributed by atoms with Crippen LogP contribution in [-0.4, -0.2) is 22.9 Å². The zero-order valence-corrected chi connectivity index (χ0v) is 12.4. The zero-order valence-electron chi connectivity index (χ0n) is 12.4. The molecule has 3 aromatic rings. The summed E-state index contributed by atoms with van der Waals surface area (Å²) in [5, 5.41) is 18.5. The molecule has 4 heteroatoms. The van der Waals surface area contributed by atoms with Crippen molar-refractivity contribution in [2.24, 2.45) is 0 Å². The predicted molar refractivity (Wildman–Crippen MR) is 91.6 cm³/mol. The predicted octanol–water partition coefficient (Wildman–Crippen LogP) is 2.26. The Morgan fingerprint density at radius 1 is 0.696 bits per heavy atom. The molecule has 3 nitrogen and oxygen atoms in total. The fraction of sp³-hybridized carbons (Fsp3) is 0. The van der Waals surface area contributed by atoms with Crippen LogP contribution in [0.15, 0.2) is 78.9 Å². The SMILES string of the molecule is O=C(c1ccccc1)c1ccc(-c2cccc(B(O)O)c2)cc1. The Labute approximate surface area is 135 Å². The second-order valence-corrected chi connectivity index (χ2v) is 5.27. The van der Waals surface area contributed by atoms with Crippen LogP contribution in [-0.2, 0) is 0 Å². The van der Waals surface area contributed by atoms with Crippen molar-refractivity contribution < 1.29 is 14.8 Å². The first-order valence-corrected chi connectivity index (χ1v) is 7.31. The molecule has 0 saturated heterocycles. The van der Waals surface area contributed by atoms with Gasteiger partial charge in [0.25, 0.3) is 0 Å². The molecule has 0 fully saturated rings. The van der Waals surface area contributed by atoms with Crippen LogP contribution in [0, 0.1) is 0 Å². The van der Waals surface area contributed by atoms with Crippen molar-refractivity contribution >= 4 is 18.4 Å². The van der Waals surface area contributed by atoms with E-state index < -0.39 is 7.12 Å². The molecule has 0 spiro atoms. The van der Waals surface area contributed by atoms with E-state index in [1.165, 1.54) is 0 Å². The Bertz CT molecular complexity index is 812. The van der Waals surface area contributed by atoms with Gasteiger partial charge in [-0.1, -0.05) is 78.9 Å². The molecule has 0 saturated carbocycles. The summed E-state index contributed by atoms with van der Waals surface area (Å²) in [6.45, 7) is 0. The summed E-state index contributed by atoms with van der Waals surface area (Å²) in [5.41, 5.74) is 3.50. The van der Waals surface area contributed by atoms with Crippen molar-refractivity contribution in [1.29, 1.82) is 0 Å². The number of carbonyl (C=O) groups is 1. The van der Waals surface area contributed by atoms with Crippen molar-refractivity contribution in [2.45, 2.75) is 0 Å². The van der Waals surface area contributed by atoms with Crippen LogP contribution in [0.25, 0.3) is 11.1 Å². The fourth-order valence-corrected chi connectivity index (χ4v) is 2.45. The Morgan fingerprint density at radius 2 is 1.35 bits per heavy atom. The van der Waals surface area contributed by atoms with E-state index in [-0.39, 0.29) is 5.78 Å². The molecule has 3 rings (SSSR count). The first-order chi connectivity index (χ1) is 11.1. The first-order valence-electron chi connectivity index (χ1n) is 7.31. The van der Waals surface area contributed by atoms with Gasteiger partial charge in [-0.05, 0) is 16.6 Å². The van der Waals surface area contributed by atoms with Crippen LogP contribution in [0.4, 0.5) is 0 Å². The lowest BCUT2D eigenvalue weighted by Crippen LogP contribution is -2.29. The van der Waals surface area contributed by atoms with E-state index >= 15 is 0 Å². The van der Waals surface area contributed by atoms with E-state index in [4.69, 9.17) is 0 Å². The number of carbonyl (C=O) groups excluding carboxylic acids is 1. The third kappa shape index (κ3) is 3.39. The first kappa shape index (κ1) is 15.2. The number of hydrogen-bond donors (Lipinski definition) is 2. The largest absolute Gasteiger partial charge is 0.488 e. The molecule has 0 aromatic heterocycles. The number of hydrogen-bond acceptors (Lipinski definition) is 3. The van der Waals surface area contributed by atoms with Gasteiger partial charge < -0.3 is 10.0 Å². The van der Waals surface area contributed by atoms with Gasteiger partial charge in [0.2, 0.25) is 0 Å². The maximum Gasteiger partial charge on any atom is 0.488 e. The lowest BCUT2D eigenvalue weighted by Gasteiger charge is -2.06. The molecule has 0 radical (unpaired) electrons. The van der Waals surface area contributed by atoms with Crippen LogP contribution in [0.3, 0.4) is 0 Å². The van der Waals surface area contributed by atoms with E-state index in [0.29, 0.717) is 16.6 Å². The van der Waals surface area contributed by atoms with Gasteiger partial charge in [-0.15, -0.1) is 0 Å². The molecule has 0 heterocycles. The van der Waals surface area contributed by atoms with Gasteiger partial charge in [0, 0.05) is 11.1 Å². The third-order valence-corrected chi connectivity index (χ3v) is 3.70. The normalized spacial score (nSPS) is 10.3. The molecule has 2 N–H and O–H groups in total. The summed E-state index contributed by atoms with van der Waals surface area (Å²) in [6.07, 6.45) is 0. The van der Waals surface area contributed by atoms with E-state index in [0.717, 1.165) is 11.1 Å². The second-order valence-electron chi connectivity index (χ2n) is 5.27. The maximum atomic E-state index is 12.4. The molecule has 0 atom stereocenters. The van der Waals surface area contributed by atoms with Crippen LogP contribution in [0.5, 0.6) is 0 Å². The lowest BCUT2D eigenvalue weighted by atomic mass is 9.79. The molecular formula is C19H15BO3. The highest BCUT2D eigenvalue weighted by atomic mass is 16.4. The molecule has 0 bridgehead atoms. The quantitative estimate of drug-likeness (QED) is 0.574. The van der Waals surface area contributed by atoms with Gasteiger partial charge in [0.1, 0.15) is 0 Å². The van der Waals surface area contributed by atoms with Gasteiger partial charge in [0.05, 0.1) is 0 Å². The standard InChI is InChI=1S/C19H15BO3/c21-19(15-5-2-1-3-6-15)16-11-9-14(10-12-16)17-7-4-8-18(13-17)20(22)23/h1-13,22-23H. The molecule has 0 aliphatic heterocycles. The van der Waals surface area contributed by atoms with Crippen molar-refractivity contribution in [3.05, 3.63) is 90.0 Å². The third-order valence-electron chi connectivity index (χ3n) is 3.70. The number of ketones is 1. The summed E-state index contributed by atoms with van der Waals surface area (Å²) < 4.78 is 0. The highest BCUT2D eigenvalue weighted by Crippen LogP contribution is 2.20. The average Bonchev–Trinajstić information content (AvgIpc) is 2.62. The van der Waals surface area contributed by atoms with Gasteiger partial charge >= 0.3 is 7.12 Å². The van der Waals surface area contributed by atoms with Crippen molar-refractivity contribution in [2.75, 3.05) is 0 Å². The van der Waals surface area contributed by atoms with E-state index in [9.17, 15) is 14.8 Å². The lowest BCUT2D eigenvalue weighted by molar-refractivity contribution is 0.103. The van der Waals surface area contributed by atoms with Crippen LogP contribution in [0.2, 0.25) is 0 Å². The Morgan fingerprint density at radius 3 is 2.00 bits per heavy atom. The molecular weight excluding hydrogens is 287 g/mol. The second kappa shape index (κ2) is 6.61. The Hall–Kier alpha value is -2.69. The van der Waals surface area contributed by atoms with Gasteiger partial charge in [-0.3, -0.25) is 4.79 Å². The molecule has 112 valence electrons. The van der Waals surface area contributed by atoms with E-state index in [1.54, 1.807) is 42.5 Å². The van der Waals surface area contributed by atoms with Crippen molar-refractivity contribution in [1.82, 2.24) is 0 Å². The van der Waals surface area contributed by atoms with Crippen LogP contribution >= 0.6 is 0 Å². The van der Waals surface area contributed by atoms with E-state index in [2.05, 4.69) is 0 Å². The minimum absolute atomic E-state index is 0.0170. The highest BCUT2D eigenvalue weighted by Gasteiger charge is 2.12. The van der Waals surface area contributed by atoms with Crippen molar-refractivity contribution in [3.8, 4) is 11.1 Å². The molecule has 0 aliphatic rings. The average molecular weight is 302 g/mol. The van der Waals surface area contributed by atoms with Gasteiger partial charge in [-0.25, -0.2) is 0 Å². The molecule has 3 aromatic carbocycles. The summed E-state index contributed by atoms with van der Waals surface area (Å²) in [4.78, 5) is 12.4. The zero-order chi connectivity index (χ0) is 16.2. The minimum Gasteiger partial charge on any atom is -0.423 e. The molecule has 0 amide bonds. The van der Waals surface area contributed by atoms with E-state index in [1.807, 2.05) is 36.4 Å². The molecule has 0 unspecified atom stereocenters. The van der Waals surface area contributed by atoms with Gasteiger partial charge in [0.15, 0.2) is 5.78 Å². The number of rotatable bonds is 4. The summed E-state index contributed by atoms with van der Waals surface area (Å²) in [5.74, 6) is -0.0170. The summed E-state index contributed by atoms with van der Waals surface area (Å²) in [7, 11) is -1.49. The maximum absolute atomic E-state index is 12.4. The summed E-state index contributed by atoms with van der Waals surface area (Å²) >= 11 is 0. The van der Waals surface area contributed by atoms with Crippen LogP contribution in [0.1, 0.15) is 15.9 Å². The number of benzene rings is 3. The smallest absolute Gasteiger partial charge is 0.423 e. The monoisotopic (exact) mass is 302 g/mol. The molecule has 23 heavy (non-hydrogen) atoms. The Balaban J connectivity index is 1.88. The van der Waals surface area contributed by atoms with Gasteiger partial charge in [-0.2, -0.15) is 0 Å². The van der Waals surface area contributed by atoms with Crippen molar-refractivity contribution in [3.63, 3.8) is 0 Å². The highest BCUT2D eigenvalue weighted by molar-refractivity contribution is 6.58. The minimum atomic E-state index is -1.49. The molecule has 0 aliphatic carbocycles. The van der Waals surface area contributed by atoms with Crippen LogP contribution < -0.4 is 5.46 Å². The summed E-state index contributed by atoms with van der Waals surface area (Å²) in [6, 6.07) is 23.5. The topological polar surface area (TPSA) is 57.5 Å².